The Labute approximate surface area is 94.9 Å². The van der Waals surface area contributed by atoms with Crippen LogP contribution in [0, 0.1) is 11.3 Å². The van der Waals surface area contributed by atoms with E-state index in [9.17, 15) is 0 Å². The lowest BCUT2D eigenvalue weighted by molar-refractivity contribution is 0.374. The smallest absolute Gasteiger partial charge is 0.0863 e. The third-order valence-corrected chi connectivity index (χ3v) is 3.87. The molecule has 0 fully saturated rings. The number of thioether (sulfide) groups is 1. The Balaban J connectivity index is 1.93. The normalized spacial score (nSPS) is 18.9. The minimum Gasteiger partial charge on any atom is -0.293 e. The van der Waals surface area contributed by atoms with E-state index in [1.807, 2.05) is 18.8 Å². The number of hydrogen-bond donors (Lipinski definition) is 0. The van der Waals surface area contributed by atoms with Crippen LogP contribution in [0.1, 0.15) is 5.56 Å². The SMILES string of the molecule is CN(CC#N)CC1Cc2ccccc2S1. The molecule has 0 aromatic heterocycles. The number of benzene rings is 1. The average Bonchev–Trinajstić information content (AvgIpc) is 2.59. The molecule has 1 aromatic rings. The van der Waals surface area contributed by atoms with Crippen molar-refractivity contribution in [3.8, 4) is 6.07 Å². The van der Waals surface area contributed by atoms with Crippen LogP contribution in [0.5, 0.6) is 0 Å². The van der Waals surface area contributed by atoms with Gasteiger partial charge in [0.1, 0.15) is 0 Å². The molecule has 0 spiro atoms. The van der Waals surface area contributed by atoms with E-state index in [0.717, 1.165) is 13.0 Å². The first-order valence-electron chi connectivity index (χ1n) is 5.09. The molecule has 1 unspecified atom stereocenters. The van der Waals surface area contributed by atoms with Gasteiger partial charge < -0.3 is 0 Å². The molecule has 0 amide bonds. The molecular formula is C12H14N2S. The predicted octanol–water partition coefficient (Wildman–Crippen LogP) is 2.16. The monoisotopic (exact) mass is 218 g/mol. The highest BCUT2D eigenvalue weighted by Gasteiger charge is 2.22. The number of rotatable bonds is 3. The van der Waals surface area contributed by atoms with E-state index in [1.54, 1.807) is 0 Å². The molecule has 1 aromatic carbocycles. The van der Waals surface area contributed by atoms with Gasteiger partial charge in [-0.1, -0.05) is 18.2 Å². The Morgan fingerprint density at radius 2 is 2.33 bits per heavy atom. The Morgan fingerprint density at radius 1 is 1.53 bits per heavy atom. The molecule has 1 aliphatic rings. The van der Waals surface area contributed by atoms with Gasteiger partial charge in [-0.2, -0.15) is 5.26 Å². The molecule has 3 heteroatoms. The molecule has 1 aliphatic heterocycles. The van der Waals surface area contributed by atoms with Gasteiger partial charge in [-0.25, -0.2) is 0 Å². The largest absolute Gasteiger partial charge is 0.293 e. The molecule has 0 aliphatic carbocycles. The molecule has 15 heavy (non-hydrogen) atoms. The summed E-state index contributed by atoms with van der Waals surface area (Å²) in [5.41, 5.74) is 1.46. The van der Waals surface area contributed by atoms with Gasteiger partial charge in [0.25, 0.3) is 0 Å². The lowest BCUT2D eigenvalue weighted by Crippen LogP contribution is -2.27. The van der Waals surface area contributed by atoms with E-state index in [1.165, 1.54) is 10.5 Å². The Bertz CT molecular complexity index is 358. The van der Waals surface area contributed by atoms with Crippen LogP contribution < -0.4 is 0 Å². The fourth-order valence-electron chi connectivity index (χ4n) is 1.89. The first-order valence-corrected chi connectivity index (χ1v) is 5.97. The van der Waals surface area contributed by atoms with Crippen molar-refractivity contribution >= 4 is 11.8 Å². The summed E-state index contributed by atoms with van der Waals surface area (Å²) in [6, 6.07) is 10.8. The highest BCUT2D eigenvalue weighted by Crippen LogP contribution is 2.36. The number of fused-ring (bicyclic) bond motifs is 1. The van der Waals surface area contributed by atoms with Crippen LogP contribution in [0.3, 0.4) is 0 Å². The van der Waals surface area contributed by atoms with E-state index in [-0.39, 0.29) is 0 Å². The lowest BCUT2D eigenvalue weighted by atomic mass is 10.1. The van der Waals surface area contributed by atoms with E-state index < -0.39 is 0 Å². The number of nitriles is 1. The summed E-state index contributed by atoms with van der Waals surface area (Å²) < 4.78 is 0. The van der Waals surface area contributed by atoms with Crippen LogP contribution in [-0.2, 0) is 6.42 Å². The van der Waals surface area contributed by atoms with Crippen molar-refractivity contribution in [3.05, 3.63) is 29.8 Å². The molecule has 0 saturated carbocycles. The summed E-state index contributed by atoms with van der Waals surface area (Å²) in [6.45, 7) is 1.51. The van der Waals surface area contributed by atoms with Gasteiger partial charge in [0.2, 0.25) is 0 Å². The highest BCUT2D eigenvalue weighted by molar-refractivity contribution is 8.00. The Hall–Kier alpha value is -0.980. The summed E-state index contributed by atoms with van der Waals surface area (Å²) in [4.78, 5) is 3.50. The predicted molar refractivity (Wildman–Crippen MR) is 62.9 cm³/mol. The minimum atomic E-state index is 0.521. The molecule has 1 atom stereocenters. The third-order valence-electron chi connectivity index (χ3n) is 2.57. The molecule has 78 valence electrons. The molecular weight excluding hydrogens is 204 g/mol. The highest BCUT2D eigenvalue weighted by atomic mass is 32.2. The Morgan fingerprint density at radius 3 is 3.07 bits per heavy atom. The van der Waals surface area contributed by atoms with Crippen LogP contribution in [0.15, 0.2) is 29.2 Å². The maximum atomic E-state index is 8.59. The van der Waals surface area contributed by atoms with Crippen molar-refractivity contribution in [3.63, 3.8) is 0 Å². The van der Waals surface area contributed by atoms with Gasteiger partial charge in [-0.3, -0.25) is 4.90 Å². The van der Waals surface area contributed by atoms with Gasteiger partial charge in [0, 0.05) is 16.7 Å². The molecule has 0 N–H and O–H groups in total. The van der Waals surface area contributed by atoms with Crippen LogP contribution in [-0.4, -0.2) is 30.3 Å². The maximum absolute atomic E-state index is 8.59. The second-order valence-corrected chi connectivity index (χ2v) is 5.25. The van der Waals surface area contributed by atoms with Crippen LogP contribution in [0.2, 0.25) is 0 Å². The average molecular weight is 218 g/mol. The standard InChI is InChI=1S/C12H14N2S/c1-14(7-6-13)9-11-8-10-4-2-3-5-12(10)15-11/h2-5,11H,7-9H2,1H3. The Kier molecular flexibility index (Phi) is 3.30. The van der Waals surface area contributed by atoms with Crippen molar-refractivity contribution in [1.82, 2.24) is 4.90 Å². The fourth-order valence-corrected chi connectivity index (χ4v) is 3.30. The van der Waals surface area contributed by atoms with Crippen LogP contribution in [0.4, 0.5) is 0 Å². The van der Waals surface area contributed by atoms with Crippen molar-refractivity contribution in [1.29, 1.82) is 5.26 Å². The zero-order chi connectivity index (χ0) is 10.7. The van der Waals surface area contributed by atoms with Gasteiger partial charge >= 0.3 is 0 Å². The first kappa shape index (κ1) is 10.5. The second-order valence-electron chi connectivity index (χ2n) is 3.91. The van der Waals surface area contributed by atoms with Crippen molar-refractivity contribution in [2.24, 2.45) is 0 Å². The summed E-state index contributed by atoms with van der Waals surface area (Å²) in [6.07, 6.45) is 1.14. The topological polar surface area (TPSA) is 27.0 Å². The van der Waals surface area contributed by atoms with Gasteiger partial charge in [0.15, 0.2) is 0 Å². The fraction of sp³-hybridized carbons (Fsp3) is 0.417. The molecule has 0 bridgehead atoms. The summed E-state index contributed by atoms with van der Waals surface area (Å²) >= 11 is 1.94. The van der Waals surface area contributed by atoms with Gasteiger partial charge in [-0.15, -0.1) is 11.8 Å². The summed E-state index contributed by atoms with van der Waals surface area (Å²) in [7, 11) is 2.01. The van der Waals surface area contributed by atoms with Gasteiger partial charge in [0.05, 0.1) is 12.6 Å². The summed E-state index contributed by atoms with van der Waals surface area (Å²) in [5.74, 6) is 0. The second kappa shape index (κ2) is 4.69. The quantitative estimate of drug-likeness (QED) is 0.727. The molecule has 2 nitrogen and oxygen atoms in total. The van der Waals surface area contributed by atoms with E-state index in [2.05, 4.69) is 35.2 Å². The van der Waals surface area contributed by atoms with Gasteiger partial charge in [-0.05, 0) is 25.1 Å². The van der Waals surface area contributed by atoms with Crippen LogP contribution >= 0.6 is 11.8 Å². The molecule has 0 saturated heterocycles. The molecule has 1 heterocycles. The van der Waals surface area contributed by atoms with Crippen LogP contribution in [0.25, 0.3) is 0 Å². The van der Waals surface area contributed by atoms with E-state index in [4.69, 9.17) is 5.26 Å². The molecule has 0 radical (unpaired) electrons. The maximum Gasteiger partial charge on any atom is 0.0863 e. The zero-order valence-corrected chi connectivity index (χ0v) is 9.63. The van der Waals surface area contributed by atoms with Crippen molar-refractivity contribution in [2.45, 2.75) is 16.6 Å². The number of nitrogens with zero attached hydrogens (tertiary/aromatic N) is 2. The number of hydrogen-bond acceptors (Lipinski definition) is 3. The molecule has 2 rings (SSSR count). The zero-order valence-electron chi connectivity index (χ0n) is 8.81. The van der Waals surface area contributed by atoms with E-state index >= 15 is 0 Å². The minimum absolute atomic E-state index is 0.521. The van der Waals surface area contributed by atoms with Crippen molar-refractivity contribution < 1.29 is 0 Å². The lowest BCUT2D eigenvalue weighted by Gasteiger charge is -2.16. The first-order chi connectivity index (χ1) is 7.29. The van der Waals surface area contributed by atoms with Crippen molar-refractivity contribution in [2.75, 3.05) is 20.1 Å². The van der Waals surface area contributed by atoms with E-state index in [0.29, 0.717) is 11.8 Å². The third kappa shape index (κ3) is 2.53. The summed E-state index contributed by atoms with van der Waals surface area (Å²) in [5, 5.41) is 9.20.